The van der Waals surface area contributed by atoms with Crippen LogP contribution < -0.4 is 16.0 Å². The van der Waals surface area contributed by atoms with E-state index in [1.807, 2.05) is 0 Å². The molecule has 0 atom stereocenters. The minimum Gasteiger partial charge on any atom is -0.438 e. The zero-order valence-electron chi connectivity index (χ0n) is 7.81. The zero-order chi connectivity index (χ0) is 10.7. The van der Waals surface area contributed by atoms with Crippen molar-refractivity contribution in [3.05, 3.63) is 46.8 Å². The van der Waals surface area contributed by atoms with Gasteiger partial charge >= 0.3 is 0 Å². The quantitative estimate of drug-likeness (QED) is 0.717. The summed E-state index contributed by atoms with van der Waals surface area (Å²) in [5.41, 5.74) is 5.92. The number of rotatable bonds is 2. The molecule has 0 saturated heterocycles. The third kappa shape index (κ3) is 2.34. The topological polar surface area (TPSA) is 81.0 Å². The Bertz CT molecular complexity index is 484. The molecule has 0 aliphatic heterocycles. The van der Waals surface area contributed by atoms with Gasteiger partial charge in [0.2, 0.25) is 5.88 Å². The molecule has 5 nitrogen and oxygen atoms in total. The van der Waals surface area contributed by atoms with Gasteiger partial charge in [-0.1, -0.05) is 0 Å². The van der Waals surface area contributed by atoms with Crippen LogP contribution in [0.25, 0.3) is 0 Å². The van der Waals surface area contributed by atoms with Crippen molar-refractivity contribution in [3.63, 3.8) is 0 Å². The number of aromatic amines is 1. The van der Waals surface area contributed by atoms with E-state index >= 15 is 0 Å². The van der Waals surface area contributed by atoms with Gasteiger partial charge in [0.25, 0.3) is 5.56 Å². The Balaban J connectivity index is 2.18. The molecule has 0 radical (unpaired) electrons. The van der Waals surface area contributed by atoms with E-state index in [-0.39, 0.29) is 5.56 Å². The van der Waals surface area contributed by atoms with Crippen molar-refractivity contribution in [3.8, 4) is 11.6 Å². The fourth-order valence-electron chi connectivity index (χ4n) is 1.05. The first-order valence-corrected chi connectivity index (χ1v) is 4.33. The second-order valence-electron chi connectivity index (χ2n) is 2.93. The number of hydrogen-bond donors (Lipinski definition) is 2. The molecular formula is C10H9N3O2. The molecule has 0 aliphatic carbocycles. The van der Waals surface area contributed by atoms with Gasteiger partial charge in [0.15, 0.2) is 0 Å². The maximum Gasteiger partial charge on any atom is 0.264 e. The molecule has 1 aromatic heterocycles. The Morgan fingerprint density at radius 1 is 1.13 bits per heavy atom. The normalized spacial score (nSPS) is 9.87. The molecule has 1 aromatic carbocycles. The fraction of sp³-hybridized carbons (Fsp3) is 0. The monoisotopic (exact) mass is 203 g/mol. The number of ether oxygens (including phenoxy) is 1. The highest BCUT2D eigenvalue weighted by Crippen LogP contribution is 2.18. The van der Waals surface area contributed by atoms with E-state index in [0.29, 0.717) is 17.3 Å². The number of hydrogen-bond acceptors (Lipinski definition) is 4. The second-order valence-corrected chi connectivity index (χ2v) is 2.93. The first kappa shape index (κ1) is 9.26. The Hall–Kier alpha value is -2.30. The van der Waals surface area contributed by atoms with Crippen LogP contribution in [0.3, 0.4) is 0 Å². The predicted octanol–water partition coefficient (Wildman–Crippen LogP) is 1.14. The highest BCUT2D eigenvalue weighted by atomic mass is 16.5. The molecule has 15 heavy (non-hydrogen) atoms. The predicted molar refractivity (Wildman–Crippen MR) is 55.8 cm³/mol. The summed E-state index contributed by atoms with van der Waals surface area (Å²) in [7, 11) is 0. The Labute approximate surface area is 85.5 Å². The number of H-pyrrole nitrogens is 1. The molecule has 1 heterocycles. The molecule has 5 heteroatoms. The van der Waals surface area contributed by atoms with E-state index in [2.05, 4.69) is 10.2 Å². The van der Waals surface area contributed by atoms with Crippen LogP contribution in [0.2, 0.25) is 0 Å². The number of benzene rings is 1. The van der Waals surface area contributed by atoms with Crippen molar-refractivity contribution in [2.45, 2.75) is 0 Å². The second kappa shape index (κ2) is 3.83. The third-order valence-electron chi connectivity index (χ3n) is 1.76. The van der Waals surface area contributed by atoms with Crippen molar-refractivity contribution in [2.75, 3.05) is 5.73 Å². The first-order valence-electron chi connectivity index (χ1n) is 4.33. The van der Waals surface area contributed by atoms with Gasteiger partial charge in [-0.05, 0) is 24.3 Å². The largest absolute Gasteiger partial charge is 0.438 e. The van der Waals surface area contributed by atoms with Gasteiger partial charge in [-0.2, -0.15) is 0 Å². The summed E-state index contributed by atoms with van der Waals surface area (Å²) >= 11 is 0. The van der Waals surface area contributed by atoms with E-state index < -0.39 is 0 Å². The van der Waals surface area contributed by atoms with E-state index in [1.54, 1.807) is 24.3 Å². The van der Waals surface area contributed by atoms with E-state index in [1.165, 1.54) is 12.1 Å². The van der Waals surface area contributed by atoms with E-state index in [9.17, 15) is 4.79 Å². The SMILES string of the molecule is Nc1ccc(Oc2ccc(=O)[nH]n2)cc1. The Morgan fingerprint density at radius 3 is 2.47 bits per heavy atom. The van der Waals surface area contributed by atoms with Crippen LogP contribution in [0.15, 0.2) is 41.2 Å². The Morgan fingerprint density at radius 2 is 1.87 bits per heavy atom. The molecule has 0 bridgehead atoms. The standard InChI is InChI=1S/C10H9N3O2/c11-7-1-3-8(4-2-7)15-10-6-5-9(14)12-13-10/h1-6H,11H2,(H,12,14). The van der Waals surface area contributed by atoms with E-state index in [4.69, 9.17) is 10.5 Å². The van der Waals surface area contributed by atoms with Gasteiger partial charge in [-0.25, -0.2) is 5.10 Å². The van der Waals surface area contributed by atoms with Crippen LogP contribution in [0, 0.1) is 0 Å². The van der Waals surface area contributed by atoms with Crippen LogP contribution in [0.1, 0.15) is 0 Å². The number of anilines is 1. The van der Waals surface area contributed by atoms with Gasteiger partial charge in [-0.3, -0.25) is 4.79 Å². The summed E-state index contributed by atoms with van der Waals surface area (Å²) in [6.07, 6.45) is 0. The summed E-state index contributed by atoms with van der Waals surface area (Å²) in [6.45, 7) is 0. The van der Waals surface area contributed by atoms with Crippen LogP contribution in [-0.2, 0) is 0 Å². The molecule has 2 rings (SSSR count). The maximum atomic E-state index is 10.7. The average molecular weight is 203 g/mol. The van der Waals surface area contributed by atoms with Gasteiger partial charge in [-0.15, -0.1) is 5.10 Å². The van der Waals surface area contributed by atoms with Crippen LogP contribution >= 0.6 is 0 Å². The molecule has 2 aromatic rings. The third-order valence-corrected chi connectivity index (χ3v) is 1.76. The average Bonchev–Trinajstić information content (AvgIpc) is 2.25. The van der Waals surface area contributed by atoms with Gasteiger partial charge in [0.1, 0.15) is 5.75 Å². The maximum absolute atomic E-state index is 10.7. The zero-order valence-corrected chi connectivity index (χ0v) is 7.81. The van der Waals surface area contributed by atoms with Gasteiger partial charge in [0, 0.05) is 17.8 Å². The van der Waals surface area contributed by atoms with Crippen molar-refractivity contribution in [2.24, 2.45) is 0 Å². The molecule has 3 N–H and O–H groups in total. The van der Waals surface area contributed by atoms with Crippen molar-refractivity contribution < 1.29 is 4.74 Å². The lowest BCUT2D eigenvalue weighted by atomic mass is 10.3. The smallest absolute Gasteiger partial charge is 0.264 e. The summed E-state index contributed by atoms with van der Waals surface area (Å²) in [6, 6.07) is 9.74. The van der Waals surface area contributed by atoms with Crippen molar-refractivity contribution >= 4 is 5.69 Å². The van der Waals surface area contributed by atoms with Crippen LogP contribution in [0.5, 0.6) is 11.6 Å². The molecule has 0 amide bonds. The minimum absolute atomic E-state index is 0.264. The number of aromatic nitrogens is 2. The lowest BCUT2D eigenvalue weighted by Crippen LogP contribution is -2.05. The molecule has 76 valence electrons. The van der Waals surface area contributed by atoms with Crippen LogP contribution in [0.4, 0.5) is 5.69 Å². The minimum atomic E-state index is -0.264. The lowest BCUT2D eigenvalue weighted by molar-refractivity contribution is 0.454. The summed E-state index contributed by atoms with van der Waals surface area (Å²) in [4.78, 5) is 10.7. The van der Waals surface area contributed by atoms with E-state index in [0.717, 1.165) is 0 Å². The van der Waals surface area contributed by atoms with Gasteiger partial charge in [0.05, 0.1) is 0 Å². The van der Waals surface area contributed by atoms with Crippen LogP contribution in [-0.4, -0.2) is 10.2 Å². The molecule has 0 unspecified atom stereocenters. The highest BCUT2D eigenvalue weighted by Gasteiger charge is 1.97. The molecule has 0 spiro atoms. The summed E-state index contributed by atoms with van der Waals surface area (Å²) < 4.78 is 5.35. The number of nitrogens with zero attached hydrogens (tertiary/aromatic N) is 1. The molecule has 0 aliphatic rings. The van der Waals surface area contributed by atoms with Gasteiger partial charge < -0.3 is 10.5 Å². The highest BCUT2D eigenvalue weighted by molar-refractivity contribution is 5.42. The summed E-state index contributed by atoms with van der Waals surface area (Å²) in [5.74, 6) is 0.947. The Kier molecular flexibility index (Phi) is 2.37. The summed E-state index contributed by atoms with van der Waals surface area (Å²) in [5, 5.41) is 5.98. The lowest BCUT2D eigenvalue weighted by Gasteiger charge is -2.03. The number of nitrogens with one attached hydrogen (secondary N) is 1. The number of nitrogen functional groups attached to an aromatic ring is 1. The van der Waals surface area contributed by atoms with Crippen molar-refractivity contribution in [1.82, 2.24) is 10.2 Å². The molecule has 0 fully saturated rings. The fourth-order valence-corrected chi connectivity index (χ4v) is 1.05. The van der Waals surface area contributed by atoms with Crippen molar-refractivity contribution in [1.29, 1.82) is 0 Å². The molecule has 0 saturated carbocycles. The first-order chi connectivity index (χ1) is 7.24. The number of nitrogens with two attached hydrogens (primary N) is 1. The molecular weight excluding hydrogens is 194 g/mol.